The van der Waals surface area contributed by atoms with Gasteiger partial charge in [-0.05, 0) is 0 Å². The molecule has 0 radical (unpaired) electrons. The van der Waals surface area contributed by atoms with Gasteiger partial charge in [-0.2, -0.15) is 0 Å². The Kier molecular flexibility index (Phi) is 1.34. The number of ketones is 2. The third-order valence-corrected chi connectivity index (χ3v) is 1.23. The van der Waals surface area contributed by atoms with Crippen molar-refractivity contribution in [1.82, 2.24) is 0 Å². The van der Waals surface area contributed by atoms with Crippen molar-refractivity contribution >= 4 is 11.6 Å². The molecule has 2 N–H and O–H groups in total. The van der Waals surface area contributed by atoms with Crippen LogP contribution in [-0.4, -0.2) is 11.6 Å². The summed E-state index contributed by atoms with van der Waals surface area (Å²) in [6.45, 7) is 0. The van der Waals surface area contributed by atoms with Gasteiger partial charge in [-0.15, -0.1) is 0 Å². The maximum Gasteiger partial charge on any atom is 0.185 e. The van der Waals surface area contributed by atoms with Gasteiger partial charge in [-0.25, -0.2) is 0 Å². The van der Waals surface area contributed by atoms with E-state index < -0.39 is 0 Å². The average molecular weight is 125 g/mol. The molecule has 0 heterocycles. The highest BCUT2D eigenvalue weighted by Crippen LogP contribution is 2.05. The topological polar surface area (TPSA) is 60.2 Å². The third-order valence-electron chi connectivity index (χ3n) is 1.23. The lowest BCUT2D eigenvalue weighted by Crippen LogP contribution is -2.19. The fourth-order valence-electron chi connectivity index (χ4n) is 0.691. The Morgan fingerprint density at radius 3 is 2.56 bits per heavy atom. The van der Waals surface area contributed by atoms with Gasteiger partial charge in [-0.3, -0.25) is 9.59 Å². The predicted molar refractivity (Wildman–Crippen MR) is 31.5 cm³/mol. The molecule has 0 unspecified atom stereocenters. The largest absolute Gasteiger partial charge is 0.396 e. The summed E-state index contributed by atoms with van der Waals surface area (Å²) in [4.78, 5) is 21.1. The van der Waals surface area contributed by atoms with E-state index in [2.05, 4.69) is 0 Å². The Morgan fingerprint density at radius 2 is 2.11 bits per heavy atom. The van der Waals surface area contributed by atoms with Crippen LogP contribution in [0.1, 0.15) is 12.8 Å². The van der Waals surface area contributed by atoms with Crippen LogP contribution in [0.3, 0.4) is 0 Å². The van der Waals surface area contributed by atoms with Crippen LogP contribution in [0.2, 0.25) is 0 Å². The Bertz CT molecular complexity index is 193. The summed E-state index contributed by atoms with van der Waals surface area (Å²) in [5.74, 6) is -0.291. The van der Waals surface area contributed by atoms with Gasteiger partial charge < -0.3 is 5.73 Å². The monoisotopic (exact) mass is 125 g/mol. The molecule has 0 spiro atoms. The summed E-state index contributed by atoms with van der Waals surface area (Å²) in [7, 11) is 0. The number of hydrogen-bond donors (Lipinski definition) is 1. The number of rotatable bonds is 0. The Balaban J connectivity index is 2.79. The molecule has 0 aromatic carbocycles. The van der Waals surface area contributed by atoms with Crippen LogP contribution in [0.25, 0.3) is 0 Å². The summed E-state index contributed by atoms with van der Waals surface area (Å²) < 4.78 is 0. The molecule has 3 nitrogen and oxygen atoms in total. The summed E-state index contributed by atoms with van der Waals surface area (Å²) in [5, 5.41) is 0. The number of hydrogen-bond acceptors (Lipinski definition) is 3. The van der Waals surface area contributed by atoms with Gasteiger partial charge in [0.1, 0.15) is 5.78 Å². The second-order valence-electron chi connectivity index (χ2n) is 2.00. The lowest BCUT2D eigenvalue weighted by atomic mass is 10.0. The fourth-order valence-corrected chi connectivity index (χ4v) is 0.691. The normalized spacial score (nSPS) is 19.8. The van der Waals surface area contributed by atoms with E-state index in [9.17, 15) is 9.59 Å². The smallest absolute Gasteiger partial charge is 0.185 e. The minimum Gasteiger partial charge on any atom is -0.396 e. The van der Waals surface area contributed by atoms with Crippen LogP contribution in [0, 0.1) is 0 Å². The van der Waals surface area contributed by atoms with Gasteiger partial charge in [0, 0.05) is 6.42 Å². The van der Waals surface area contributed by atoms with Crippen molar-refractivity contribution in [3.8, 4) is 0 Å². The summed E-state index contributed by atoms with van der Waals surface area (Å²) >= 11 is 0. The van der Waals surface area contributed by atoms with Crippen LogP contribution in [-0.2, 0) is 9.59 Å². The molecule has 0 aromatic heterocycles. The van der Waals surface area contributed by atoms with E-state index in [4.69, 9.17) is 5.73 Å². The number of allylic oxidation sites excluding steroid dienone is 2. The lowest BCUT2D eigenvalue weighted by molar-refractivity contribution is -0.125. The second-order valence-corrected chi connectivity index (χ2v) is 2.00. The molecule has 0 aromatic rings. The number of carbonyl (C=O) groups excluding carboxylic acids is 2. The first kappa shape index (κ1) is 6.01. The number of carbonyl (C=O) groups is 2. The van der Waals surface area contributed by atoms with E-state index >= 15 is 0 Å². The zero-order valence-electron chi connectivity index (χ0n) is 4.89. The molecular weight excluding hydrogens is 118 g/mol. The van der Waals surface area contributed by atoms with Crippen molar-refractivity contribution in [2.45, 2.75) is 12.8 Å². The quantitative estimate of drug-likeness (QED) is 0.454. The molecule has 0 saturated heterocycles. The molecule has 48 valence electrons. The van der Waals surface area contributed by atoms with Crippen LogP contribution in [0.15, 0.2) is 11.8 Å². The van der Waals surface area contributed by atoms with Gasteiger partial charge in [0.05, 0.1) is 12.1 Å². The molecule has 9 heavy (non-hydrogen) atoms. The summed E-state index contributed by atoms with van der Waals surface area (Å²) in [6, 6.07) is 0. The molecular formula is C6H7NO2. The summed E-state index contributed by atoms with van der Waals surface area (Å²) in [5.41, 5.74) is 5.43. The molecule has 1 aliphatic rings. The molecule has 0 fully saturated rings. The van der Waals surface area contributed by atoms with Crippen LogP contribution in [0.4, 0.5) is 0 Å². The second kappa shape index (κ2) is 2.01. The minimum absolute atomic E-state index is 0.0116. The Morgan fingerprint density at radius 1 is 1.44 bits per heavy atom. The van der Waals surface area contributed by atoms with E-state index in [-0.39, 0.29) is 23.7 Å². The highest BCUT2D eigenvalue weighted by molar-refractivity contribution is 6.10. The predicted octanol–water partition coefficient (Wildman–Crippen LogP) is -0.239. The lowest BCUT2D eigenvalue weighted by Gasteiger charge is -2.04. The number of Topliss-reactive ketones (excluding diaryl/α,β-unsaturated/α-hetero) is 2. The van der Waals surface area contributed by atoms with Crippen molar-refractivity contribution in [2.24, 2.45) is 5.73 Å². The van der Waals surface area contributed by atoms with Crippen LogP contribution < -0.4 is 5.73 Å². The van der Waals surface area contributed by atoms with Crippen molar-refractivity contribution in [1.29, 1.82) is 0 Å². The van der Waals surface area contributed by atoms with Crippen LogP contribution >= 0.6 is 0 Å². The molecule has 0 amide bonds. The van der Waals surface area contributed by atoms with Gasteiger partial charge in [0.25, 0.3) is 0 Å². The van der Waals surface area contributed by atoms with Crippen molar-refractivity contribution < 1.29 is 9.59 Å². The SMILES string of the molecule is NC1=CCC(=O)CC1=O. The number of nitrogens with two attached hydrogens (primary N) is 1. The molecule has 3 heteroatoms. The van der Waals surface area contributed by atoms with Crippen molar-refractivity contribution in [2.75, 3.05) is 0 Å². The summed E-state index contributed by atoms with van der Waals surface area (Å²) in [6.07, 6.45) is 1.77. The molecule has 0 saturated carbocycles. The standard InChI is InChI=1S/C6H7NO2/c7-5-2-1-4(8)3-6(5)9/h2H,1,3,7H2. The fraction of sp³-hybridized carbons (Fsp3) is 0.333. The average Bonchev–Trinajstić information content (AvgIpc) is 1.80. The zero-order chi connectivity index (χ0) is 6.85. The third kappa shape index (κ3) is 1.16. The van der Waals surface area contributed by atoms with Crippen LogP contribution in [0.5, 0.6) is 0 Å². The zero-order valence-corrected chi connectivity index (χ0v) is 4.89. The Labute approximate surface area is 52.5 Å². The molecule has 0 atom stereocenters. The van der Waals surface area contributed by atoms with E-state index in [1.165, 1.54) is 6.08 Å². The van der Waals surface area contributed by atoms with Crippen molar-refractivity contribution in [3.05, 3.63) is 11.8 Å². The van der Waals surface area contributed by atoms with E-state index in [1.807, 2.05) is 0 Å². The van der Waals surface area contributed by atoms with Gasteiger partial charge in [-0.1, -0.05) is 6.08 Å². The minimum atomic E-state index is -0.244. The highest BCUT2D eigenvalue weighted by atomic mass is 16.1. The van der Waals surface area contributed by atoms with Gasteiger partial charge in [0.15, 0.2) is 5.78 Å². The first-order valence-electron chi connectivity index (χ1n) is 2.70. The van der Waals surface area contributed by atoms with Gasteiger partial charge >= 0.3 is 0 Å². The van der Waals surface area contributed by atoms with Crippen molar-refractivity contribution in [3.63, 3.8) is 0 Å². The maximum atomic E-state index is 10.6. The first-order chi connectivity index (χ1) is 4.20. The molecule has 0 bridgehead atoms. The first-order valence-corrected chi connectivity index (χ1v) is 2.70. The van der Waals surface area contributed by atoms with E-state index in [1.54, 1.807) is 0 Å². The molecule has 1 rings (SSSR count). The van der Waals surface area contributed by atoms with E-state index in [0.29, 0.717) is 6.42 Å². The van der Waals surface area contributed by atoms with E-state index in [0.717, 1.165) is 0 Å². The molecule has 1 aliphatic carbocycles. The Hall–Kier alpha value is -1.12. The highest BCUT2D eigenvalue weighted by Gasteiger charge is 2.15. The van der Waals surface area contributed by atoms with Gasteiger partial charge in [0.2, 0.25) is 0 Å². The molecule has 0 aliphatic heterocycles. The maximum absolute atomic E-state index is 10.6.